The molecule has 1 aromatic rings. The van der Waals surface area contributed by atoms with Crippen LogP contribution in [0, 0.1) is 0 Å². The highest BCUT2D eigenvalue weighted by Crippen LogP contribution is 1.93. The minimum atomic E-state index is -0.0324. The van der Waals surface area contributed by atoms with Crippen molar-refractivity contribution in [1.82, 2.24) is 15.6 Å². The second-order valence-electron chi connectivity index (χ2n) is 0.615. The molecular weight excluding hydrogens is 105 g/mol. The molecule has 0 aliphatic rings. The highest BCUT2D eigenvalue weighted by atomic mass is 35.5. The van der Waals surface area contributed by atoms with E-state index in [0.717, 1.165) is 0 Å². The first-order valence-corrected chi connectivity index (χ1v) is 1.58. The average Bonchev–Trinajstić information content (AvgIpc) is 1.86. The van der Waals surface area contributed by atoms with Crippen molar-refractivity contribution >= 4 is 11.6 Å². The van der Waals surface area contributed by atoms with Crippen LogP contribution in [0.1, 0.15) is 0 Å². The number of nitrogens with zero attached hydrogens (tertiary/aromatic N) is 3. The summed E-state index contributed by atoms with van der Waals surface area (Å²) in [6, 6.07) is 0. The zero-order valence-electron chi connectivity index (χ0n) is 2.63. The maximum atomic E-state index is 5.05. The van der Waals surface area contributed by atoms with Crippen LogP contribution in [0.15, 0.2) is 4.52 Å². The summed E-state index contributed by atoms with van der Waals surface area (Å²) in [7, 11) is 0. The van der Waals surface area contributed by atoms with Gasteiger partial charge in [0.15, 0.2) is 0 Å². The van der Waals surface area contributed by atoms with E-state index in [1.54, 1.807) is 0 Å². The van der Waals surface area contributed by atoms with Gasteiger partial charge in [-0.1, -0.05) is 5.10 Å². The van der Waals surface area contributed by atoms with Gasteiger partial charge in [-0.3, -0.25) is 0 Å². The lowest BCUT2D eigenvalue weighted by molar-refractivity contribution is 0.394. The molecule has 1 heterocycles. The van der Waals surface area contributed by atoms with Gasteiger partial charge in [0.1, 0.15) is 0 Å². The molecule has 0 atom stereocenters. The molecule has 0 aliphatic carbocycles. The van der Waals surface area contributed by atoms with Gasteiger partial charge in [-0.25, -0.2) is 0 Å². The first kappa shape index (κ1) is 3.55. The van der Waals surface area contributed by atoms with Gasteiger partial charge in [0.2, 0.25) is 0 Å². The monoisotopic (exact) mass is 105 g/mol. The van der Waals surface area contributed by atoms with Crippen LogP contribution in [0.5, 0.6) is 0 Å². The molecule has 0 aliphatic heterocycles. The SMILES string of the molecule is Clc1nnno1. The van der Waals surface area contributed by atoms with Gasteiger partial charge in [0.25, 0.3) is 0 Å². The molecule has 0 unspecified atom stereocenters. The van der Waals surface area contributed by atoms with Gasteiger partial charge in [-0.05, 0) is 16.8 Å². The lowest BCUT2D eigenvalue weighted by Gasteiger charge is -1.56. The van der Waals surface area contributed by atoms with Crippen molar-refractivity contribution in [3.8, 4) is 0 Å². The Bertz CT molecular complexity index is 114. The number of rotatable bonds is 0. The van der Waals surface area contributed by atoms with Crippen molar-refractivity contribution < 1.29 is 4.52 Å². The molecule has 1 aromatic heterocycles. The largest absolute Gasteiger partial charge is 0.340 e. The summed E-state index contributed by atoms with van der Waals surface area (Å²) in [5.74, 6) is 0. The van der Waals surface area contributed by atoms with Gasteiger partial charge >= 0.3 is 5.35 Å². The minimum absolute atomic E-state index is 0.0324. The Morgan fingerprint density at radius 2 is 2.50 bits per heavy atom. The van der Waals surface area contributed by atoms with E-state index in [1.165, 1.54) is 0 Å². The summed E-state index contributed by atoms with van der Waals surface area (Å²) in [5.41, 5.74) is 0. The summed E-state index contributed by atoms with van der Waals surface area (Å²) in [4.78, 5) is 0. The van der Waals surface area contributed by atoms with Crippen molar-refractivity contribution in [1.29, 1.82) is 0 Å². The molecule has 0 spiro atoms. The molecule has 0 N–H and O–H groups in total. The predicted molar refractivity (Wildman–Crippen MR) is 17.1 cm³/mol. The third kappa shape index (κ3) is 0.463. The highest BCUT2D eigenvalue weighted by molar-refractivity contribution is 6.27. The predicted octanol–water partition coefficient (Wildman–Crippen LogP) is 0.118. The Hall–Kier alpha value is -0.640. The summed E-state index contributed by atoms with van der Waals surface area (Å²) >= 11 is 5.05. The first-order valence-electron chi connectivity index (χ1n) is 1.20. The fourth-order valence-corrected chi connectivity index (χ4v) is 0.188. The Morgan fingerprint density at radius 1 is 1.67 bits per heavy atom. The van der Waals surface area contributed by atoms with Crippen LogP contribution in [0.4, 0.5) is 0 Å². The van der Waals surface area contributed by atoms with E-state index in [0.29, 0.717) is 0 Å². The summed E-state index contributed by atoms with van der Waals surface area (Å²) in [6.45, 7) is 0. The zero-order valence-corrected chi connectivity index (χ0v) is 3.38. The van der Waals surface area contributed by atoms with Gasteiger partial charge in [0, 0.05) is 0 Å². The summed E-state index contributed by atoms with van der Waals surface area (Å²) in [5, 5.41) is 9.10. The molecule has 0 amide bonds. The van der Waals surface area contributed by atoms with E-state index in [9.17, 15) is 0 Å². The van der Waals surface area contributed by atoms with Crippen LogP contribution < -0.4 is 0 Å². The summed E-state index contributed by atoms with van der Waals surface area (Å²) < 4.78 is 4.13. The van der Waals surface area contributed by atoms with Gasteiger partial charge in [-0.15, -0.1) is 0 Å². The minimum Gasteiger partial charge on any atom is -0.302 e. The fourth-order valence-electron chi connectivity index (χ4n) is 0.124. The lowest BCUT2D eigenvalue weighted by Crippen LogP contribution is -1.63. The third-order valence-corrected chi connectivity index (χ3v) is 0.421. The van der Waals surface area contributed by atoms with Gasteiger partial charge < -0.3 is 4.52 Å². The topological polar surface area (TPSA) is 51.8 Å². The molecule has 4 nitrogen and oxygen atoms in total. The van der Waals surface area contributed by atoms with Crippen LogP contribution in [0.2, 0.25) is 5.35 Å². The average molecular weight is 105 g/mol. The van der Waals surface area contributed by atoms with Crippen LogP contribution >= 0.6 is 11.6 Å². The second-order valence-corrected chi connectivity index (χ2v) is 0.939. The van der Waals surface area contributed by atoms with Crippen molar-refractivity contribution in [3.63, 3.8) is 0 Å². The van der Waals surface area contributed by atoms with Crippen molar-refractivity contribution in [2.45, 2.75) is 0 Å². The molecule has 0 radical (unpaired) electrons. The van der Waals surface area contributed by atoms with Crippen molar-refractivity contribution in [2.24, 2.45) is 0 Å². The fraction of sp³-hybridized carbons (Fsp3) is 0. The number of hydrogen-bond donors (Lipinski definition) is 0. The standard InChI is InChI=1S/CClN3O/c2-1-3-4-5-6-1. The van der Waals surface area contributed by atoms with Crippen LogP contribution in [-0.2, 0) is 0 Å². The highest BCUT2D eigenvalue weighted by Gasteiger charge is 1.85. The van der Waals surface area contributed by atoms with Gasteiger partial charge in [0.05, 0.1) is 5.27 Å². The molecule has 0 bridgehead atoms. The molecule has 0 saturated carbocycles. The third-order valence-electron chi connectivity index (χ3n) is 0.276. The molecule has 0 saturated heterocycles. The Morgan fingerprint density at radius 3 is 2.67 bits per heavy atom. The van der Waals surface area contributed by atoms with Crippen molar-refractivity contribution in [3.05, 3.63) is 5.35 Å². The smallest absolute Gasteiger partial charge is 0.302 e. The molecule has 0 fully saturated rings. The van der Waals surface area contributed by atoms with Crippen molar-refractivity contribution in [2.75, 3.05) is 0 Å². The Labute approximate surface area is 38.1 Å². The molecule has 6 heavy (non-hydrogen) atoms. The number of hydrogen-bond acceptors (Lipinski definition) is 4. The first-order chi connectivity index (χ1) is 2.89. The van der Waals surface area contributed by atoms with Crippen LogP contribution in [0.3, 0.4) is 0 Å². The van der Waals surface area contributed by atoms with E-state index in [2.05, 4.69) is 20.1 Å². The Balaban J connectivity index is 3.05. The molecule has 1 rings (SSSR count). The quantitative estimate of drug-likeness (QED) is 0.470. The van der Waals surface area contributed by atoms with E-state index >= 15 is 0 Å². The number of aromatic nitrogens is 3. The maximum Gasteiger partial charge on any atom is 0.340 e. The maximum absolute atomic E-state index is 5.05. The molecule has 5 heteroatoms. The molecular formula is CClN3O. The lowest BCUT2D eigenvalue weighted by atomic mass is 11.5. The normalized spacial score (nSPS) is 8.83. The zero-order chi connectivity index (χ0) is 4.41. The van der Waals surface area contributed by atoms with Gasteiger partial charge in [-0.2, -0.15) is 0 Å². The number of halogens is 1. The second kappa shape index (κ2) is 1.22. The Kier molecular flexibility index (Phi) is 0.719. The van der Waals surface area contributed by atoms with E-state index in [-0.39, 0.29) is 5.35 Å². The molecule has 32 valence electrons. The van der Waals surface area contributed by atoms with Crippen LogP contribution in [0.25, 0.3) is 0 Å². The van der Waals surface area contributed by atoms with Crippen LogP contribution in [-0.4, -0.2) is 15.6 Å². The summed E-state index contributed by atoms with van der Waals surface area (Å²) in [6.07, 6.45) is 0. The molecule has 0 aromatic carbocycles. The van der Waals surface area contributed by atoms with E-state index in [1.807, 2.05) is 0 Å². The van der Waals surface area contributed by atoms with E-state index < -0.39 is 0 Å². The van der Waals surface area contributed by atoms with E-state index in [4.69, 9.17) is 11.6 Å².